The van der Waals surface area contributed by atoms with Crippen LogP contribution in [0.15, 0.2) is 18.2 Å². The average molecular weight is 433 g/mol. The number of piperazine rings is 1. The first-order valence-corrected chi connectivity index (χ1v) is 12.1. The summed E-state index contributed by atoms with van der Waals surface area (Å²) in [5, 5.41) is 10.6. The third kappa shape index (κ3) is 6.13. The number of β-amino-alcohol motifs (C(OH)–C–C–N with tert-alkyl or cyclic N) is 1. The number of benzene rings is 1. The zero-order valence-corrected chi connectivity index (χ0v) is 19.5. The topological polar surface area (TPSA) is 54.4 Å². The van der Waals surface area contributed by atoms with Gasteiger partial charge in [0.05, 0.1) is 18.8 Å². The van der Waals surface area contributed by atoms with Crippen molar-refractivity contribution >= 4 is 0 Å². The van der Waals surface area contributed by atoms with E-state index < -0.39 is 6.10 Å². The summed E-state index contributed by atoms with van der Waals surface area (Å²) in [7, 11) is 0. The maximum atomic E-state index is 10.6. The third-order valence-electron chi connectivity index (χ3n) is 7.24. The van der Waals surface area contributed by atoms with Crippen LogP contribution in [0.5, 0.6) is 11.5 Å². The van der Waals surface area contributed by atoms with Gasteiger partial charge in [-0.1, -0.05) is 33.3 Å². The van der Waals surface area contributed by atoms with E-state index in [-0.39, 0.29) is 0 Å². The molecule has 1 saturated heterocycles. The Morgan fingerprint density at radius 3 is 2.58 bits per heavy atom. The molecule has 6 heteroatoms. The van der Waals surface area contributed by atoms with Crippen LogP contribution >= 0.6 is 0 Å². The van der Waals surface area contributed by atoms with Gasteiger partial charge in [0, 0.05) is 39.3 Å². The van der Waals surface area contributed by atoms with Crippen molar-refractivity contribution in [2.24, 2.45) is 17.8 Å². The molecule has 2 fully saturated rings. The second-order valence-corrected chi connectivity index (χ2v) is 10.1. The number of hydrogen-bond acceptors (Lipinski definition) is 6. The van der Waals surface area contributed by atoms with Crippen LogP contribution < -0.4 is 9.47 Å². The molecule has 2 aliphatic heterocycles. The van der Waals surface area contributed by atoms with Crippen LogP contribution in [-0.4, -0.2) is 73.2 Å². The van der Waals surface area contributed by atoms with Gasteiger partial charge in [0.15, 0.2) is 11.5 Å². The van der Waals surface area contributed by atoms with Crippen LogP contribution in [0.3, 0.4) is 0 Å². The fourth-order valence-electron chi connectivity index (χ4n) is 5.32. The van der Waals surface area contributed by atoms with Crippen molar-refractivity contribution in [2.45, 2.75) is 58.8 Å². The predicted molar refractivity (Wildman–Crippen MR) is 121 cm³/mol. The Morgan fingerprint density at radius 2 is 1.81 bits per heavy atom. The molecule has 0 amide bonds. The number of fused-ring (bicyclic) bond motifs is 1. The normalized spacial score (nSPS) is 28.2. The van der Waals surface area contributed by atoms with Crippen molar-refractivity contribution in [1.29, 1.82) is 0 Å². The van der Waals surface area contributed by atoms with Gasteiger partial charge in [-0.05, 0) is 48.3 Å². The highest BCUT2D eigenvalue weighted by molar-refractivity contribution is 5.44. The van der Waals surface area contributed by atoms with Gasteiger partial charge in [-0.2, -0.15) is 0 Å². The molecule has 1 N–H and O–H groups in total. The number of aliphatic hydroxyl groups excluding tert-OH is 1. The van der Waals surface area contributed by atoms with E-state index in [1.54, 1.807) is 0 Å². The van der Waals surface area contributed by atoms with E-state index in [2.05, 4.69) is 42.7 Å². The molecule has 0 unspecified atom stereocenters. The van der Waals surface area contributed by atoms with E-state index in [0.29, 0.717) is 37.9 Å². The van der Waals surface area contributed by atoms with E-state index in [0.717, 1.165) is 56.6 Å². The maximum Gasteiger partial charge on any atom is 0.231 e. The van der Waals surface area contributed by atoms with Gasteiger partial charge >= 0.3 is 0 Å². The largest absolute Gasteiger partial charge is 0.454 e. The number of nitrogens with zero attached hydrogens (tertiary/aromatic N) is 2. The highest BCUT2D eigenvalue weighted by atomic mass is 16.7. The van der Waals surface area contributed by atoms with Crippen LogP contribution in [0.25, 0.3) is 0 Å². The molecule has 0 radical (unpaired) electrons. The molecule has 31 heavy (non-hydrogen) atoms. The highest BCUT2D eigenvalue weighted by Gasteiger charge is 2.32. The van der Waals surface area contributed by atoms with Crippen molar-refractivity contribution in [3.63, 3.8) is 0 Å². The third-order valence-corrected chi connectivity index (χ3v) is 7.24. The first-order chi connectivity index (χ1) is 15.0. The number of ether oxygens (including phenoxy) is 3. The quantitative estimate of drug-likeness (QED) is 0.680. The Morgan fingerprint density at radius 1 is 1.06 bits per heavy atom. The van der Waals surface area contributed by atoms with E-state index in [1.165, 1.54) is 18.4 Å². The van der Waals surface area contributed by atoms with Gasteiger partial charge in [0.25, 0.3) is 0 Å². The standard InChI is InChI=1S/C25H40N2O4/c1-18(2)22-6-4-19(3)12-24(22)29-16-21(28)15-27-10-8-26(9-11-27)14-20-5-7-23-25(13-20)31-17-30-23/h5,7,13,18-19,21-22,24,28H,4,6,8-12,14-17H2,1-3H3/t19-,21+,22+,24+/m0/s1. The number of rotatable bonds is 8. The minimum absolute atomic E-state index is 0.303. The van der Waals surface area contributed by atoms with Crippen LogP contribution in [0, 0.1) is 17.8 Å². The molecule has 4 atom stereocenters. The van der Waals surface area contributed by atoms with Crippen molar-refractivity contribution < 1.29 is 19.3 Å². The minimum Gasteiger partial charge on any atom is -0.454 e. The zero-order valence-electron chi connectivity index (χ0n) is 19.5. The smallest absolute Gasteiger partial charge is 0.231 e. The first-order valence-electron chi connectivity index (χ1n) is 12.1. The van der Waals surface area contributed by atoms with E-state index in [1.807, 2.05) is 6.07 Å². The molecule has 0 aromatic heterocycles. The van der Waals surface area contributed by atoms with Gasteiger partial charge < -0.3 is 19.3 Å². The Balaban J connectivity index is 1.17. The lowest BCUT2D eigenvalue weighted by molar-refractivity contribution is -0.0755. The molecule has 4 rings (SSSR count). The molecular formula is C25H40N2O4. The predicted octanol–water partition coefficient (Wildman–Crippen LogP) is 3.37. The summed E-state index contributed by atoms with van der Waals surface area (Å²) in [5.41, 5.74) is 1.26. The van der Waals surface area contributed by atoms with Crippen molar-refractivity contribution in [3.8, 4) is 11.5 Å². The van der Waals surface area contributed by atoms with Gasteiger partial charge in [-0.3, -0.25) is 9.80 Å². The average Bonchev–Trinajstić information content (AvgIpc) is 3.21. The summed E-state index contributed by atoms with van der Waals surface area (Å²) in [4.78, 5) is 4.83. The highest BCUT2D eigenvalue weighted by Crippen LogP contribution is 2.35. The summed E-state index contributed by atoms with van der Waals surface area (Å²) in [6, 6.07) is 6.21. The maximum absolute atomic E-state index is 10.6. The van der Waals surface area contributed by atoms with Crippen molar-refractivity contribution in [1.82, 2.24) is 9.80 Å². The molecule has 6 nitrogen and oxygen atoms in total. The van der Waals surface area contributed by atoms with Gasteiger partial charge in [0.1, 0.15) is 0 Å². The zero-order chi connectivity index (χ0) is 21.8. The van der Waals surface area contributed by atoms with E-state index in [4.69, 9.17) is 14.2 Å². The summed E-state index contributed by atoms with van der Waals surface area (Å²) >= 11 is 0. The second-order valence-electron chi connectivity index (χ2n) is 10.1. The summed E-state index contributed by atoms with van der Waals surface area (Å²) in [6.07, 6.45) is 3.59. The van der Waals surface area contributed by atoms with Crippen LogP contribution in [0.2, 0.25) is 0 Å². The van der Waals surface area contributed by atoms with E-state index >= 15 is 0 Å². The Kier molecular flexibility index (Phi) is 7.75. The number of aliphatic hydroxyl groups is 1. The van der Waals surface area contributed by atoms with Gasteiger partial charge in [-0.25, -0.2) is 0 Å². The molecule has 1 aromatic carbocycles. The van der Waals surface area contributed by atoms with Crippen LogP contribution in [0.4, 0.5) is 0 Å². The van der Waals surface area contributed by atoms with Crippen LogP contribution in [-0.2, 0) is 11.3 Å². The molecule has 1 aliphatic carbocycles. The lowest BCUT2D eigenvalue weighted by atomic mass is 9.75. The minimum atomic E-state index is -0.412. The monoisotopic (exact) mass is 432 g/mol. The summed E-state index contributed by atoms with van der Waals surface area (Å²) in [5.74, 6) is 3.70. The molecule has 2 heterocycles. The Labute approximate surface area is 187 Å². The molecule has 1 aromatic rings. The lowest BCUT2D eigenvalue weighted by Crippen LogP contribution is -2.49. The molecule has 0 spiro atoms. The summed E-state index contributed by atoms with van der Waals surface area (Å²) in [6.45, 7) is 13.3. The Hall–Kier alpha value is -1.34. The molecule has 174 valence electrons. The first kappa shape index (κ1) is 22.8. The summed E-state index contributed by atoms with van der Waals surface area (Å²) < 4.78 is 17.1. The fourth-order valence-corrected chi connectivity index (χ4v) is 5.32. The van der Waals surface area contributed by atoms with Gasteiger partial charge in [-0.15, -0.1) is 0 Å². The lowest BCUT2D eigenvalue weighted by Gasteiger charge is -2.38. The SMILES string of the molecule is CC(C)[C@H]1CC[C@H](C)C[C@H]1OC[C@H](O)CN1CCN(Cc2ccc3c(c2)OCO3)CC1. The molecule has 1 saturated carbocycles. The van der Waals surface area contributed by atoms with E-state index in [9.17, 15) is 5.11 Å². The van der Waals surface area contributed by atoms with Crippen LogP contribution in [0.1, 0.15) is 45.6 Å². The second kappa shape index (κ2) is 10.5. The van der Waals surface area contributed by atoms with Gasteiger partial charge in [0.2, 0.25) is 6.79 Å². The number of hydrogen-bond donors (Lipinski definition) is 1. The fraction of sp³-hybridized carbons (Fsp3) is 0.760. The van der Waals surface area contributed by atoms with Crippen molar-refractivity contribution in [2.75, 3.05) is 46.1 Å². The van der Waals surface area contributed by atoms with Crippen molar-refractivity contribution in [3.05, 3.63) is 23.8 Å². The molecule has 3 aliphatic rings. The molecular weight excluding hydrogens is 392 g/mol. The molecule has 0 bridgehead atoms. The Bertz CT molecular complexity index is 705.